The van der Waals surface area contributed by atoms with Gasteiger partial charge in [-0.1, -0.05) is 72.8 Å². The molecule has 33 heavy (non-hydrogen) atoms. The summed E-state index contributed by atoms with van der Waals surface area (Å²) in [5.74, 6) is 0.942. The summed E-state index contributed by atoms with van der Waals surface area (Å²) in [5, 5.41) is 0. The molecule has 0 spiro atoms. The molecule has 0 aliphatic carbocycles. The van der Waals surface area contributed by atoms with Crippen LogP contribution in [-0.2, 0) is 13.2 Å². The van der Waals surface area contributed by atoms with Gasteiger partial charge in [-0.2, -0.15) is 4.73 Å². The highest BCUT2D eigenvalue weighted by atomic mass is 16.7. The molecule has 0 saturated heterocycles. The number of ether oxygens (including phenoxy) is 2. The molecule has 1 heterocycles. The number of methoxy groups -OCH3 is 1. The molecular weight excluding hydrogens is 416 g/mol. The summed E-state index contributed by atoms with van der Waals surface area (Å²) in [4.78, 5) is 19.0. The quantitative estimate of drug-likeness (QED) is 0.422. The van der Waals surface area contributed by atoms with Crippen molar-refractivity contribution in [1.82, 2.24) is 4.73 Å². The molecule has 1 aromatic heterocycles. The van der Waals surface area contributed by atoms with Crippen LogP contribution in [0.3, 0.4) is 0 Å². The largest absolute Gasteiger partial charge is 0.497 e. The van der Waals surface area contributed by atoms with Crippen molar-refractivity contribution in [3.8, 4) is 11.5 Å². The molecule has 2 N–H and O–H groups in total. The van der Waals surface area contributed by atoms with Gasteiger partial charge in [-0.3, -0.25) is 4.79 Å². The Balaban J connectivity index is 1.63. The maximum Gasteiger partial charge on any atom is 0.223 e. The van der Waals surface area contributed by atoms with Crippen molar-refractivity contribution in [3.63, 3.8) is 0 Å². The first-order valence-corrected chi connectivity index (χ1v) is 10.7. The second-order valence-corrected chi connectivity index (χ2v) is 7.47. The summed E-state index contributed by atoms with van der Waals surface area (Å²) in [5.41, 5.74) is 9.09. The van der Waals surface area contributed by atoms with E-state index in [0.717, 1.165) is 22.4 Å². The van der Waals surface area contributed by atoms with Crippen LogP contribution in [0.15, 0.2) is 102 Å². The van der Waals surface area contributed by atoms with E-state index in [-0.39, 0.29) is 24.3 Å². The van der Waals surface area contributed by atoms with Crippen LogP contribution >= 0.6 is 0 Å². The topological polar surface area (TPSA) is 75.7 Å². The van der Waals surface area contributed by atoms with E-state index < -0.39 is 6.10 Å². The lowest BCUT2D eigenvalue weighted by molar-refractivity contribution is 0.0521. The predicted molar refractivity (Wildman–Crippen MR) is 127 cm³/mol. The van der Waals surface area contributed by atoms with Gasteiger partial charge in [0.2, 0.25) is 5.43 Å². The van der Waals surface area contributed by atoms with E-state index in [0.29, 0.717) is 5.69 Å². The van der Waals surface area contributed by atoms with Crippen LogP contribution in [0, 0.1) is 0 Å². The molecular formula is C27H26N2O4. The average molecular weight is 443 g/mol. The fraction of sp³-hybridized carbons (Fsp3) is 0.148. The highest BCUT2D eigenvalue weighted by Crippen LogP contribution is 2.24. The standard InChI is InChI=1S/C27H26N2O4/c1-31-24-14-12-20(13-15-24)19-32-26-18-29(23(17-28)16-25(26)30)33-27(21-8-4-2-5-9-21)22-10-6-3-7-11-22/h2-16,18,27H,17,19,28H2,1H3. The minimum atomic E-state index is -0.394. The highest BCUT2D eigenvalue weighted by Gasteiger charge is 2.18. The van der Waals surface area contributed by atoms with Gasteiger partial charge in [0.1, 0.15) is 12.4 Å². The Kier molecular flexibility index (Phi) is 7.07. The molecule has 0 unspecified atom stereocenters. The number of hydrogen-bond acceptors (Lipinski definition) is 5. The third-order valence-electron chi connectivity index (χ3n) is 5.24. The Morgan fingerprint density at radius 2 is 1.48 bits per heavy atom. The van der Waals surface area contributed by atoms with Crippen molar-refractivity contribution >= 4 is 0 Å². The van der Waals surface area contributed by atoms with Gasteiger partial charge in [0.25, 0.3) is 0 Å². The third-order valence-corrected chi connectivity index (χ3v) is 5.24. The number of nitrogens with zero attached hydrogens (tertiary/aromatic N) is 1. The normalized spacial score (nSPS) is 10.8. The van der Waals surface area contributed by atoms with Crippen LogP contribution in [-0.4, -0.2) is 11.8 Å². The summed E-state index contributed by atoms with van der Waals surface area (Å²) < 4.78 is 12.6. The maximum absolute atomic E-state index is 12.6. The summed E-state index contributed by atoms with van der Waals surface area (Å²) in [7, 11) is 1.62. The molecule has 0 atom stereocenters. The van der Waals surface area contributed by atoms with Gasteiger partial charge in [-0.15, -0.1) is 0 Å². The van der Waals surface area contributed by atoms with Gasteiger partial charge in [-0.25, -0.2) is 0 Å². The van der Waals surface area contributed by atoms with E-state index in [1.165, 1.54) is 10.8 Å². The first-order valence-electron chi connectivity index (χ1n) is 10.7. The summed E-state index contributed by atoms with van der Waals surface area (Å²) in [6.07, 6.45) is 1.17. The number of rotatable bonds is 9. The van der Waals surface area contributed by atoms with E-state index in [4.69, 9.17) is 20.0 Å². The Morgan fingerprint density at radius 1 is 0.879 bits per heavy atom. The second-order valence-electron chi connectivity index (χ2n) is 7.47. The second kappa shape index (κ2) is 10.5. The molecule has 4 aromatic rings. The lowest BCUT2D eigenvalue weighted by Gasteiger charge is -2.23. The third kappa shape index (κ3) is 5.42. The van der Waals surface area contributed by atoms with E-state index >= 15 is 0 Å². The first-order chi connectivity index (χ1) is 16.2. The molecule has 3 aromatic carbocycles. The Bertz CT molecular complexity index is 1180. The fourth-order valence-electron chi connectivity index (χ4n) is 3.46. The zero-order valence-electron chi connectivity index (χ0n) is 18.4. The molecule has 0 fully saturated rings. The van der Waals surface area contributed by atoms with Crippen LogP contribution in [0.2, 0.25) is 0 Å². The zero-order valence-corrected chi connectivity index (χ0v) is 18.4. The molecule has 6 heteroatoms. The van der Waals surface area contributed by atoms with Crippen molar-refractivity contribution < 1.29 is 14.3 Å². The van der Waals surface area contributed by atoms with Crippen LogP contribution in [0.25, 0.3) is 0 Å². The molecule has 168 valence electrons. The van der Waals surface area contributed by atoms with E-state index in [9.17, 15) is 4.79 Å². The number of hydrogen-bond donors (Lipinski definition) is 1. The molecule has 0 aliphatic rings. The number of benzene rings is 3. The molecule has 0 aliphatic heterocycles. The molecule has 0 radical (unpaired) electrons. The van der Waals surface area contributed by atoms with Crippen LogP contribution in [0.5, 0.6) is 11.5 Å². The number of nitrogens with two attached hydrogens (primary N) is 1. The van der Waals surface area contributed by atoms with Gasteiger partial charge in [0.05, 0.1) is 19.0 Å². The number of pyridine rings is 1. The minimum absolute atomic E-state index is 0.143. The van der Waals surface area contributed by atoms with Gasteiger partial charge in [-0.05, 0) is 28.8 Å². The van der Waals surface area contributed by atoms with E-state index in [2.05, 4.69) is 0 Å². The minimum Gasteiger partial charge on any atom is -0.497 e. The van der Waals surface area contributed by atoms with Gasteiger partial charge < -0.3 is 20.0 Å². The highest BCUT2D eigenvalue weighted by molar-refractivity contribution is 5.31. The average Bonchev–Trinajstić information content (AvgIpc) is 2.88. The SMILES string of the molecule is COc1ccc(COc2cn(OC(c3ccccc3)c3ccccc3)c(CN)cc2=O)cc1. The lowest BCUT2D eigenvalue weighted by Crippen LogP contribution is -2.26. The Hall–Kier alpha value is -4.03. The van der Waals surface area contributed by atoms with Crippen molar-refractivity contribution in [2.45, 2.75) is 19.3 Å². The molecule has 6 nitrogen and oxygen atoms in total. The smallest absolute Gasteiger partial charge is 0.223 e. The molecule has 0 saturated carbocycles. The Morgan fingerprint density at radius 3 is 2.03 bits per heavy atom. The summed E-state index contributed by atoms with van der Waals surface area (Å²) in [6, 6.07) is 28.7. The van der Waals surface area contributed by atoms with Crippen molar-refractivity contribution in [2.75, 3.05) is 7.11 Å². The Labute approximate surface area is 192 Å². The van der Waals surface area contributed by atoms with E-state index in [1.54, 1.807) is 13.3 Å². The molecule has 0 amide bonds. The molecule has 0 bridgehead atoms. The monoisotopic (exact) mass is 442 g/mol. The van der Waals surface area contributed by atoms with E-state index in [1.807, 2.05) is 84.9 Å². The van der Waals surface area contributed by atoms with Gasteiger partial charge >= 0.3 is 0 Å². The van der Waals surface area contributed by atoms with Crippen molar-refractivity contribution in [1.29, 1.82) is 0 Å². The van der Waals surface area contributed by atoms with Crippen LogP contribution in [0.4, 0.5) is 0 Å². The van der Waals surface area contributed by atoms with Crippen molar-refractivity contribution in [3.05, 3.63) is 130 Å². The number of aromatic nitrogens is 1. The fourth-order valence-corrected chi connectivity index (χ4v) is 3.46. The zero-order chi connectivity index (χ0) is 23.0. The van der Waals surface area contributed by atoms with Crippen molar-refractivity contribution in [2.24, 2.45) is 5.73 Å². The molecule has 4 rings (SSSR count). The van der Waals surface area contributed by atoms with Crippen LogP contribution < -0.4 is 25.5 Å². The van der Waals surface area contributed by atoms with Crippen LogP contribution in [0.1, 0.15) is 28.5 Å². The van der Waals surface area contributed by atoms with Gasteiger partial charge in [0.15, 0.2) is 11.9 Å². The summed E-state index contributed by atoms with van der Waals surface area (Å²) in [6.45, 7) is 0.381. The first kappa shape index (κ1) is 22.2. The lowest BCUT2D eigenvalue weighted by atomic mass is 10.0. The van der Waals surface area contributed by atoms with Gasteiger partial charge in [0, 0.05) is 12.6 Å². The maximum atomic E-state index is 12.6. The summed E-state index contributed by atoms with van der Waals surface area (Å²) >= 11 is 0. The predicted octanol–water partition coefficient (Wildman–Crippen LogP) is 4.11.